The maximum absolute atomic E-state index is 9.55. The third-order valence-corrected chi connectivity index (χ3v) is 3.51. The van der Waals surface area contributed by atoms with Crippen LogP contribution < -0.4 is 0 Å². The van der Waals surface area contributed by atoms with Crippen LogP contribution >= 0.6 is 11.8 Å². The second-order valence-corrected chi connectivity index (χ2v) is 4.65. The van der Waals surface area contributed by atoms with E-state index in [4.69, 9.17) is 4.74 Å². The van der Waals surface area contributed by atoms with E-state index in [1.807, 2.05) is 30.3 Å². The van der Waals surface area contributed by atoms with Crippen LogP contribution in [0, 0.1) is 0 Å². The average Bonchev–Trinajstić information content (AvgIpc) is 2.59. The highest BCUT2D eigenvalue weighted by Crippen LogP contribution is 2.23. The topological polar surface area (TPSA) is 49.7 Å². The van der Waals surface area contributed by atoms with Gasteiger partial charge in [-0.2, -0.15) is 0 Å². The lowest BCUT2D eigenvalue weighted by atomic mass is 10.2. The Morgan fingerprint density at radius 2 is 2.00 bits per heavy atom. The fourth-order valence-electron chi connectivity index (χ4n) is 1.51. The van der Waals surface area contributed by atoms with Crippen molar-refractivity contribution in [1.82, 2.24) is 0 Å². The number of benzene rings is 1. The molecule has 1 heterocycles. The minimum atomic E-state index is -0.749. The second-order valence-electron chi connectivity index (χ2n) is 3.55. The second kappa shape index (κ2) is 4.99. The minimum Gasteiger partial charge on any atom is -0.388 e. The van der Waals surface area contributed by atoms with E-state index in [-0.39, 0.29) is 12.7 Å². The quantitative estimate of drug-likeness (QED) is 0.752. The molecule has 3 unspecified atom stereocenters. The van der Waals surface area contributed by atoms with E-state index in [9.17, 15) is 10.2 Å². The molecular formula is C11H14O3S. The SMILES string of the molecule is OC1COC(CSc2ccccc2)C1O. The van der Waals surface area contributed by atoms with Gasteiger partial charge in [-0.1, -0.05) is 18.2 Å². The van der Waals surface area contributed by atoms with Gasteiger partial charge in [0.25, 0.3) is 0 Å². The monoisotopic (exact) mass is 226 g/mol. The highest BCUT2D eigenvalue weighted by molar-refractivity contribution is 7.99. The third-order valence-electron chi connectivity index (χ3n) is 2.41. The summed E-state index contributed by atoms with van der Waals surface area (Å²) in [6, 6.07) is 9.95. The van der Waals surface area contributed by atoms with Crippen LogP contribution in [0.3, 0.4) is 0 Å². The minimum absolute atomic E-state index is 0.237. The maximum Gasteiger partial charge on any atom is 0.109 e. The Labute approximate surface area is 93.1 Å². The van der Waals surface area contributed by atoms with Gasteiger partial charge in [0.1, 0.15) is 12.2 Å². The van der Waals surface area contributed by atoms with Crippen LogP contribution in [0.1, 0.15) is 0 Å². The van der Waals surface area contributed by atoms with Gasteiger partial charge in [-0.05, 0) is 12.1 Å². The summed E-state index contributed by atoms with van der Waals surface area (Å²) in [5, 5.41) is 18.8. The Hall–Kier alpha value is -0.550. The molecule has 1 aliphatic heterocycles. The van der Waals surface area contributed by atoms with Crippen LogP contribution in [0.25, 0.3) is 0 Å². The first-order valence-electron chi connectivity index (χ1n) is 4.93. The molecule has 1 aromatic rings. The van der Waals surface area contributed by atoms with Gasteiger partial charge in [0.2, 0.25) is 0 Å². The molecule has 1 fully saturated rings. The Balaban J connectivity index is 1.84. The number of aliphatic hydroxyl groups is 2. The van der Waals surface area contributed by atoms with E-state index in [0.29, 0.717) is 5.75 Å². The predicted octanol–water partition coefficient (Wildman–Crippen LogP) is 0.899. The fourth-order valence-corrected chi connectivity index (χ4v) is 2.51. The zero-order chi connectivity index (χ0) is 10.7. The fraction of sp³-hybridized carbons (Fsp3) is 0.455. The van der Waals surface area contributed by atoms with Crippen molar-refractivity contribution in [2.45, 2.75) is 23.2 Å². The molecule has 0 saturated carbocycles. The molecule has 2 N–H and O–H groups in total. The summed E-state index contributed by atoms with van der Waals surface area (Å²) in [7, 11) is 0. The van der Waals surface area contributed by atoms with E-state index in [1.54, 1.807) is 11.8 Å². The lowest BCUT2D eigenvalue weighted by Gasteiger charge is -2.13. The number of rotatable bonds is 3. The van der Waals surface area contributed by atoms with Gasteiger partial charge in [-0.25, -0.2) is 0 Å². The van der Waals surface area contributed by atoms with Gasteiger partial charge < -0.3 is 14.9 Å². The lowest BCUT2D eigenvalue weighted by Crippen LogP contribution is -2.31. The summed E-state index contributed by atoms with van der Waals surface area (Å²) in [5.74, 6) is 0.669. The average molecular weight is 226 g/mol. The van der Waals surface area contributed by atoms with Crippen molar-refractivity contribution in [3.63, 3.8) is 0 Å². The van der Waals surface area contributed by atoms with Crippen molar-refractivity contribution in [2.75, 3.05) is 12.4 Å². The summed E-state index contributed by atoms with van der Waals surface area (Å²) in [5.41, 5.74) is 0. The van der Waals surface area contributed by atoms with Crippen LogP contribution in [0.4, 0.5) is 0 Å². The van der Waals surface area contributed by atoms with Gasteiger partial charge >= 0.3 is 0 Å². The van der Waals surface area contributed by atoms with E-state index in [0.717, 1.165) is 4.90 Å². The molecule has 1 saturated heterocycles. The first-order valence-corrected chi connectivity index (χ1v) is 5.91. The number of hydrogen-bond donors (Lipinski definition) is 2. The molecule has 0 bridgehead atoms. The molecule has 0 aromatic heterocycles. The first-order chi connectivity index (χ1) is 7.27. The Morgan fingerprint density at radius 1 is 1.27 bits per heavy atom. The van der Waals surface area contributed by atoms with Crippen molar-refractivity contribution in [3.05, 3.63) is 30.3 Å². The standard InChI is InChI=1S/C11H14O3S/c12-9-6-14-10(11(9)13)7-15-8-4-2-1-3-5-8/h1-5,9-13H,6-7H2. The van der Waals surface area contributed by atoms with Crippen molar-refractivity contribution in [3.8, 4) is 0 Å². The maximum atomic E-state index is 9.55. The normalized spacial score (nSPS) is 30.7. The molecule has 0 radical (unpaired) electrons. The molecule has 3 nitrogen and oxygen atoms in total. The van der Waals surface area contributed by atoms with Crippen molar-refractivity contribution >= 4 is 11.8 Å². The summed E-state index contributed by atoms with van der Waals surface area (Å²) in [4.78, 5) is 1.15. The largest absolute Gasteiger partial charge is 0.388 e. The highest BCUT2D eigenvalue weighted by Gasteiger charge is 2.34. The van der Waals surface area contributed by atoms with Gasteiger partial charge in [-0.3, -0.25) is 0 Å². The molecule has 4 heteroatoms. The van der Waals surface area contributed by atoms with Crippen molar-refractivity contribution in [1.29, 1.82) is 0 Å². The summed E-state index contributed by atoms with van der Waals surface area (Å²) >= 11 is 1.63. The molecule has 1 aromatic carbocycles. The molecule has 15 heavy (non-hydrogen) atoms. The molecule has 0 aliphatic carbocycles. The van der Waals surface area contributed by atoms with Crippen molar-refractivity contribution in [2.24, 2.45) is 0 Å². The van der Waals surface area contributed by atoms with Gasteiger partial charge in [0.15, 0.2) is 0 Å². The molecule has 0 spiro atoms. The number of thioether (sulfide) groups is 1. The van der Waals surface area contributed by atoms with Crippen LogP contribution in [0.5, 0.6) is 0 Å². The molecule has 3 atom stereocenters. The first kappa shape index (κ1) is 11.0. The van der Waals surface area contributed by atoms with E-state index in [2.05, 4.69) is 0 Å². The Morgan fingerprint density at radius 3 is 2.60 bits per heavy atom. The number of ether oxygens (including phenoxy) is 1. The lowest BCUT2D eigenvalue weighted by molar-refractivity contribution is 0.0337. The zero-order valence-electron chi connectivity index (χ0n) is 8.24. The molecular weight excluding hydrogens is 212 g/mol. The molecule has 82 valence electrons. The van der Waals surface area contributed by atoms with Crippen LogP contribution in [-0.4, -0.2) is 40.9 Å². The zero-order valence-corrected chi connectivity index (χ0v) is 9.06. The Bertz CT molecular complexity index is 304. The molecule has 2 rings (SSSR count). The van der Waals surface area contributed by atoms with Crippen LogP contribution in [0.15, 0.2) is 35.2 Å². The van der Waals surface area contributed by atoms with Gasteiger partial charge in [-0.15, -0.1) is 11.8 Å². The summed E-state index contributed by atoms with van der Waals surface area (Å²) in [6.07, 6.45) is -1.74. The summed E-state index contributed by atoms with van der Waals surface area (Å²) < 4.78 is 5.28. The third kappa shape index (κ3) is 2.72. The smallest absolute Gasteiger partial charge is 0.109 e. The summed E-state index contributed by atoms with van der Waals surface area (Å²) in [6.45, 7) is 0.237. The van der Waals surface area contributed by atoms with Gasteiger partial charge in [0.05, 0.1) is 12.7 Å². The number of aliphatic hydroxyl groups excluding tert-OH is 2. The number of hydrogen-bond acceptors (Lipinski definition) is 4. The van der Waals surface area contributed by atoms with Crippen LogP contribution in [-0.2, 0) is 4.74 Å². The predicted molar refractivity (Wildman–Crippen MR) is 58.9 cm³/mol. The van der Waals surface area contributed by atoms with Gasteiger partial charge in [0, 0.05) is 10.6 Å². The molecule has 0 amide bonds. The van der Waals surface area contributed by atoms with E-state index >= 15 is 0 Å². The highest BCUT2D eigenvalue weighted by atomic mass is 32.2. The van der Waals surface area contributed by atoms with E-state index < -0.39 is 12.2 Å². The van der Waals surface area contributed by atoms with Crippen molar-refractivity contribution < 1.29 is 14.9 Å². The van der Waals surface area contributed by atoms with Crippen LogP contribution in [0.2, 0.25) is 0 Å². The van der Waals surface area contributed by atoms with E-state index in [1.165, 1.54) is 0 Å². The Kier molecular flexibility index (Phi) is 3.64. The molecule has 1 aliphatic rings.